The number of Topliss-reactive ketones (excluding diaryl/α,β-unsaturated/α-hetero) is 1. The summed E-state index contributed by atoms with van der Waals surface area (Å²) < 4.78 is 13.2. The maximum atomic E-state index is 13.2. The molecule has 0 spiro atoms. The van der Waals surface area contributed by atoms with Gasteiger partial charge in [-0.2, -0.15) is 5.10 Å². The average Bonchev–Trinajstić information content (AvgIpc) is 3.04. The van der Waals surface area contributed by atoms with Crippen LogP contribution in [0.15, 0.2) is 5.10 Å². The predicted molar refractivity (Wildman–Crippen MR) is 109 cm³/mol. The van der Waals surface area contributed by atoms with Crippen LogP contribution < -0.4 is 11.7 Å². The first kappa shape index (κ1) is 20.1. The highest BCUT2D eigenvalue weighted by atomic mass is 19.1. The summed E-state index contributed by atoms with van der Waals surface area (Å²) in [6.45, 7) is 2.43. The number of ketones is 1. The Morgan fingerprint density at radius 2 is 1.93 bits per heavy atom. The van der Waals surface area contributed by atoms with Gasteiger partial charge in [-0.15, -0.1) is 0 Å². The van der Waals surface area contributed by atoms with E-state index < -0.39 is 0 Å². The monoisotopic (exact) mass is 392 g/mol. The number of nitrogens with zero attached hydrogens (tertiary/aromatic N) is 2. The Bertz CT molecular complexity index is 613. The van der Waals surface area contributed by atoms with Crippen LogP contribution in [-0.2, 0) is 4.79 Å². The van der Waals surface area contributed by atoms with Crippen LogP contribution in [0.3, 0.4) is 0 Å². The van der Waals surface area contributed by atoms with Crippen molar-refractivity contribution in [3.63, 3.8) is 0 Å². The zero-order valence-electron chi connectivity index (χ0n) is 17.2. The minimum absolute atomic E-state index is 0.107. The second-order valence-electron chi connectivity index (χ2n) is 10.3. The fourth-order valence-corrected chi connectivity index (χ4v) is 8.04. The van der Waals surface area contributed by atoms with Crippen LogP contribution in [0.2, 0.25) is 0 Å². The number of carbonyl (C=O) groups is 1. The number of alkyl halides is 1. The lowest BCUT2D eigenvalue weighted by atomic mass is 9.49. The molecule has 4 N–H and O–H groups in total. The molecule has 0 saturated heterocycles. The van der Waals surface area contributed by atoms with Gasteiger partial charge in [-0.05, 0) is 98.7 Å². The molecule has 4 aliphatic carbocycles. The molecule has 0 heterocycles. The Balaban J connectivity index is 1.46. The molecule has 4 rings (SSSR count). The van der Waals surface area contributed by atoms with Gasteiger partial charge < -0.3 is 5.84 Å². The van der Waals surface area contributed by atoms with Crippen LogP contribution in [-0.4, -0.2) is 30.4 Å². The van der Waals surface area contributed by atoms with E-state index in [0.29, 0.717) is 11.8 Å². The normalized spacial score (nSPS) is 45.3. The fourth-order valence-electron chi connectivity index (χ4n) is 8.04. The molecule has 8 atom stereocenters. The predicted octanol–water partition coefficient (Wildman–Crippen LogP) is 3.49. The molecule has 0 bridgehead atoms. The molecular weight excluding hydrogens is 355 g/mol. The Kier molecular flexibility index (Phi) is 5.69. The molecule has 4 saturated carbocycles. The van der Waals surface area contributed by atoms with E-state index in [-0.39, 0.29) is 30.3 Å². The second-order valence-corrected chi connectivity index (χ2v) is 10.3. The molecular formula is C22H37FN4O. The molecule has 0 aromatic rings. The van der Waals surface area contributed by atoms with Crippen LogP contribution in [0.1, 0.15) is 64.7 Å². The summed E-state index contributed by atoms with van der Waals surface area (Å²) in [5.41, 5.74) is 0.113. The Morgan fingerprint density at radius 1 is 1.14 bits per heavy atom. The maximum Gasteiger partial charge on any atom is 0.157 e. The zero-order valence-corrected chi connectivity index (χ0v) is 17.2. The SMILES string of the molecule is CC12CCC3C4CCC(CF)CC4CCC3C1CCC2C(=O)CN(N)/C=N\N. The Morgan fingerprint density at radius 3 is 2.68 bits per heavy atom. The summed E-state index contributed by atoms with van der Waals surface area (Å²) in [6.07, 6.45) is 11.9. The number of hydrogen-bond donors (Lipinski definition) is 2. The van der Waals surface area contributed by atoms with Crippen LogP contribution in [0.25, 0.3) is 0 Å². The Labute approximate surface area is 168 Å². The third-order valence-corrected chi connectivity index (χ3v) is 9.22. The van der Waals surface area contributed by atoms with Gasteiger partial charge in [0, 0.05) is 5.92 Å². The minimum Gasteiger partial charge on any atom is -0.322 e. The largest absolute Gasteiger partial charge is 0.322 e. The number of fused-ring (bicyclic) bond motifs is 5. The molecule has 4 fully saturated rings. The molecule has 0 radical (unpaired) electrons. The quantitative estimate of drug-likeness (QED) is 0.325. The van der Waals surface area contributed by atoms with Gasteiger partial charge in [0.25, 0.3) is 0 Å². The van der Waals surface area contributed by atoms with Crippen LogP contribution in [0, 0.1) is 46.8 Å². The molecule has 5 nitrogen and oxygen atoms in total. The van der Waals surface area contributed by atoms with E-state index in [1.54, 1.807) is 0 Å². The third-order valence-electron chi connectivity index (χ3n) is 9.22. The van der Waals surface area contributed by atoms with Crippen LogP contribution in [0.4, 0.5) is 4.39 Å². The highest BCUT2D eigenvalue weighted by Gasteiger charge is 2.58. The maximum absolute atomic E-state index is 13.2. The number of carbonyl (C=O) groups excluding carboxylic acids is 1. The number of hydrazone groups is 1. The molecule has 28 heavy (non-hydrogen) atoms. The van der Waals surface area contributed by atoms with Crippen molar-refractivity contribution in [2.24, 2.45) is 63.6 Å². The zero-order chi connectivity index (χ0) is 19.9. The second kappa shape index (κ2) is 7.92. The van der Waals surface area contributed by atoms with Gasteiger partial charge in [0.2, 0.25) is 0 Å². The van der Waals surface area contributed by atoms with Crippen molar-refractivity contribution < 1.29 is 9.18 Å². The summed E-state index contributed by atoms with van der Waals surface area (Å²) in [6, 6.07) is 0. The van der Waals surface area contributed by atoms with Crippen molar-refractivity contribution in [2.75, 3.05) is 13.2 Å². The highest BCUT2D eigenvalue weighted by Crippen LogP contribution is 2.64. The van der Waals surface area contributed by atoms with Crippen LogP contribution >= 0.6 is 0 Å². The number of hydrazine groups is 1. The van der Waals surface area contributed by atoms with Gasteiger partial charge in [0.15, 0.2) is 5.78 Å². The van der Waals surface area contributed by atoms with Gasteiger partial charge in [0.1, 0.15) is 6.34 Å². The van der Waals surface area contributed by atoms with E-state index in [2.05, 4.69) is 12.0 Å². The van der Waals surface area contributed by atoms with E-state index >= 15 is 0 Å². The van der Waals surface area contributed by atoms with E-state index in [1.807, 2.05) is 0 Å². The minimum atomic E-state index is -0.130. The van der Waals surface area contributed by atoms with Gasteiger partial charge in [-0.1, -0.05) is 6.92 Å². The van der Waals surface area contributed by atoms with Crippen LogP contribution in [0.5, 0.6) is 0 Å². The molecule has 6 heteroatoms. The summed E-state index contributed by atoms with van der Waals surface area (Å²) in [4.78, 5) is 13.0. The number of nitrogens with two attached hydrogens (primary N) is 2. The van der Waals surface area contributed by atoms with E-state index in [0.717, 1.165) is 49.4 Å². The van der Waals surface area contributed by atoms with Gasteiger partial charge in [-0.25, -0.2) is 5.84 Å². The van der Waals surface area contributed by atoms with E-state index in [4.69, 9.17) is 11.7 Å². The summed E-state index contributed by atoms with van der Waals surface area (Å²) >= 11 is 0. The molecule has 158 valence electrons. The lowest BCUT2D eigenvalue weighted by Crippen LogP contribution is -2.50. The van der Waals surface area contributed by atoms with Gasteiger partial charge in [0.05, 0.1) is 13.2 Å². The Hall–Kier alpha value is -1.17. The number of hydrogen-bond acceptors (Lipinski definition) is 4. The first-order valence-corrected chi connectivity index (χ1v) is 11.3. The van der Waals surface area contributed by atoms with Gasteiger partial charge >= 0.3 is 0 Å². The van der Waals surface area contributed by atoms with E-state index in [9.17, 15) is 9.18 Å². The third kappa shape index (κ3) is 3.35. The average molecular weight is 393 g/mol. The summed E-state index contributed by atoms with van der Waals surface area (Å²) in [5, 5.41) is 4.72. The molecule has 8 unspecified atom stereocenters. The van der Waals surface area contributed by atoms with E-state index in [1.165, 1.54) is 43.5 Å². The first-order valence-electron chi connectivity index (χ1n) is 11.3. The number of halogens is 1. The summed E-state index contributed by atoms with van der Waals surface area (Å²) in [5.74, 6) is 15.4. The molecule has 0 aromatic carbocycles. The van der Waals surface area contributed by atoms with Crippen molar-refractivity contribution in [3.05, 3.63) is 0 Å². The standard InChI is InChI=1S/C22H37FN4O/c1-22-9-8-17-16-4-2-14(11-23)10-15(16)3-5-18(17)19(22)6-7-20(22)21(28)12-27(25)13-26-24/h13-20H,2-12,24-25H2,1H3/b26-13-. The van der Waals surface area contributed by atoms with Gasteiger partial charge in [-0.3, -0.25) is 14.2 Å². The highest BCUT2D eigenvalue weighted by molar-refractivity contribution is 5.85. The van der Waals surface area contributed by atoms with Crippen molar-refractivity contribution in [2.45, 2.75) is 64.7 Å². The molecule has 0 aliphatic heterocycles. The lowest BCUT2D eigenvalue weighted by Gasteiger charge is -2.56. The van der Waals surface area contributed by atoms with Crippen molar-refractivity contribution in [1.82, 2.24) is 5.01 Å². The summed E-state index contributed by atoms with van der Waals surface area (Å²) in [7, 11) is 0. The number of rotatable bonds is 5. The first-order chi connectivity index (χ1) is 13.5. The topological polar surface area (TPSA) is 84.7 Å². The van der Waals surface area contributed by atoms with Crippen molar-refractivity contribution in [3.8, 4) is 0 Å². The fraction of sp³-hybridized carbons (Fsp3) is 0.909. The van der Waals surface area contributed by atoms with Crippen molar-refractivity contribution >= 4 is 12.1 Å². The molecule has 0 amide bonds. The molecule has 0 aromatic heterocycles. The smallest absolute Gasteiger partial charge is 0.157 e. The lowest BCUT2D eigenvalue weighted by molar-refractivity contribution is -0.130. The molecule has 4 aliphatic rings. The van der Waals surface area contributed by atoms with Crippen molar-refractivity contribution in [1.29, 1.82) is 0 Å².